The van der Waals surface area contributed by atoms with Gasteiger partial charge in [0.15, 0.2) is 5.75 Å². The second kappa shape index (κ2) is 6.30. The van der Waals surface area contributed by atoms with Gasteiger partial charge in [0.1, 0.15) is 18.1 Å². The molecular weight excluding hydrogens is 242 g/mol. The molecule has 108 valence electrons. The van der Waals surface area contributed by atoms with Crippen molar-refractivity contribution >= 4 is 0 Å². The Morgan fingerprint density at radius 1 is 1.37 bits per heavy atom. The van der Waals surface area contributed by atoms with Gasteiger partial charge in [-0.15, -0.1) is 0 Å². The first kappa shape index (κ1) is 15.9. The van der Waals surface area contributed by atoms with Crippen LogP contribution in [0.5, 0.6) is 5.75 Å². The standard InChI is InChI=1S/C14H25N3O2/c1-10(2)13-15-7-12(11(8-18)16-13)19-9-14(3,4)17(5)6/h7,10,18H,8-9H2,1-6H3. The van der Waals surface area contributed by atoms with Crippen molar-refractivity contribution in [3.8, 4) is 5.75 Å². The van der Waals surface area contributed by atoms with E-state index in [0.717, 1.165) is 5.82 Å². The molecule has 1 heterocycles. The molecule has 0 aliphatic rings. The Kier molecular flexibility index (Phi) is 5.26. The van der Waals surface area contributed by atoms with Crippen LogP contribution in [0.4, 0.5) is 0 Å². The van der Waals surface area contributed by atoms with E-state index in [-0.39, 0.29) is 18.1 Å². The van der Waals surface area contributed by atoms with E-state index in [0.29, 0.717) is 18.1 Å². The van der Waals surface area contributed by atoms with Crippen molar-refractivity contribution in [1.82, 2.24) is 14.9 Å². The zero-order chi connectivity index (χ0) is 14.6. The molecular formula is C14H25N3O2. The van der Waals surface area contributed by atoms with E-state index in [9.17, 15) is 5.11 Å². The maximum Gasteiger partial charge on any atom is 0.161 e. The van der Waals surface area contributed by atoms with Crippen molar-refractivity contribution in [3.63, 3.8) is 0 Å². The molecule has 1 aromatic rings. The van der Waals surface area contributed by atoms with Gasteiger partial charge in [-0.05, 0) is 27.9 Å². The number of aromatic nitrogens is 2. The Morgan fingerprint density at radius 2 is 2.00 bits per heavy atom. The number of hydrogen-bond acceptors (Lipinski definition) is 5. The lowest BCUT2D eigenvalue weighted by Gasteiger charge is -2.32. The molecule has 0 fully saturated rings. The molecule has 0 aromatic carbocycles. The summed E-state index contributed by atoms with van der Waals surface area (Å²) in [5.74, 6) is 1.52. The number of aliphatic hydroxyl groups is 1. The average Bonchev–Trinajstić information content (AvgIpc) is 2.35. The molecule has 0 amide bonds. The van der Waals surface area contributed by atoms with Crippen LogP contribution in [0, 0.1) is 0 Å². The van der Waals surface area contributed by atoms with Crippen LogP contribution in [0.1, 0.15) is 45.1 Å². The summed E-state index contributed by atoms with van der Waals surface area (Å²) in [6, 6.07) is 0. The molecule has 0 atom stereocenters. The van der Waals surface area contributed by atoms with Crippen LogP contribution in [0.15, 0.2) is 6.20 Å². The smallest absolute Gasteiger partial charge is 0.161 e. The number of likely N-dealkylation sites (N-methyl/N-ethyl adjacent to an activating group) is 1. The predicted molar refractivity (Wildman–Crippen MR) is 75.3 cm³/mol. The summed E-state index contributed by atoms with van der Waals surface area (Å²) in [5.41, 5.74) is 0.456. The van der Waals surface area contributed by atoms with E-state index in [4.69, 9.17) is 4.74 Å². The van der Waals surface area contributed by atoms with Crippen LogP contribution in [0.25, 0.3) is 0 Å². The zero-order valence-corrected chi connectivity index (χ0v) is 12.8. The van der Waals surface area contributed by atoms with E-state index in [1.54, 1.807) is 6.20 Å². The van der Waals surface area contributed by atoms with E-state index in [2.05, 4.69) is 28.7 Å². The van der Waals surface area contributed by atoms with Gasteiger partial charge in [-0.2, -0.15) is 0 Å². The van der Waals surface area contributed by atoms with Crippen LogP contribution < -0.4 is 4.74 Å². The number of hydrogen-bond donors (Lipinski definition) is 1. The maximum absolute atomic E-state index is 9.38. The van der Waals surface area contributed by atoms with Crippen molar-refractivity contribution in [3.05, 3.63) is 17.7 Å². The molecule has 0 aliphatic carbocycles. The maximum atomic E-state index is 9.38. The second-order valence-electron chi connectivity index (χ2n) is 5.85. The fourth-order valence-electron chi connectivity index (χ4n) is 1.32. The lowest BCUT2D eigenvalue weighted by molar-refractivity contribution is 0.111. The highest BCUT2D eigenvalue weighted by Gasteiger charge is 2.22. The number of ether oxygens (including phenoxy) is 1. The monoisotopic (exact) mass is 267 g/mol. The molecule has 0 radical (unpaired) electrons. The highest BCUT2D eigenvalue weighted by atomic mass is 16.5. The molecule has 0 bridgehead atoms. The predicted octanol–water partition coefficient (Wildman–Crippen LogP) is 1.81. The summed E-state index contributed by atoms with van der Waals surface area (Å²) in [5, 5.41) is 9.38. The first-order valence-electron chi connectivity index (χ1n) is 6.55. The summed E-state index contributed by atoms with van der Waals surface area (Å²) < 4.78 is 5.76. The molecule has 5 nitrogen and oxygen atoms in total. The first-order chi connectivity index (χ1) is 8.77. The minimum Gasteiger partial charge on any atom is -0.488 e. The summed E-state index contributed by atoms with van der Waals surface area (Å²) in [7, 11) is 4.02. The quantitative estimate of drug-likeness (QED) is 0.852. The van der Waals surface area contributed by atoms with E-state index >= 15 is 0 Å². The van der Waals surface area contributed by atoms with Crippen molar-refractivity contribution in [2.45, 2.75) is 45.8 Å². The third kappa shape index (κ3) is 4.14. The van der Waals surface area contributed by atoms with Gasteiger partial charge in [0.25, 0.3) is 0 Å². The third-order valence-electron chi connectivity index (χ3n) is 3.31. The Morgan fingerprint density at radius 3 is 2.47 bits per heavy atom. The molecule has 0 saturated carbocycles. The van der Waals surface area contributed by atoms with Crippen molar-refractivity contribution in [1.29, 1.82) is 0 Å². The molecule has 5 heteroatoms. The summed E-state index contributed by atoms with van der Waals surface area (Å²) in [6.45, 7) is 8.60. The molecule has 0 spiro atoms. The van der Waals surface area contributed by atoms with Crippen molar-refractivity contribution < 1.29 is 9.84 Å². The topological polar surface area (TPSA) is 58.5 Å². The first-order valence-corrected chi connectivity index (χ1v) is 6.55. The number of rotatable bonds is 6. The van der Waals surface area contributed by atoms with Gasteiger partial charge in [0.2, 0.25) is 0 Å². The van der Waals surface area contributed by atoms with Crippen LogP contribution >= 0.6 is 0 Å². The van der Waals surface area contributed by atoms with E-state index in [1.807, 2.05) is 27.9 Å². The van der Waals surface area contributed by atoms with Gasteiger partial charge >= 0.3 is 0 Å². The van der Waals surface area contributed by atoms with Crippen LogP contribution in [-0.2, 0) is 6.61 Å². The van der Waals surface area contributed by atoms with Crippen molar-refractivity contribution in [2.75, 3.05) is 20.7 Å². The van der Waals surface area contributed by atoms with Gasteiger partial charge in [0, 0.05) is 11.5 Å². The molecule has 1 rings (SSSR count). The molecule has 0 saturated heterocycles. The molecule has 0 unspecified atom stereocenters. The highest BCUT2D eigenvalue weighted by molar-refractivity contribution is 5.25. The normalized spacial score (nSPS) is 12.3. The van der Waals surface area contributed by atoms with Crippen LogP contribution in [0.3, 0.4) is 0 Å². The minimum absolute atomic E-state index is 0.0938. The Balaban J connectivity index is 2.84. The molecule has 1 N–H and O–H groups in total. The fraction of sp³-hybridized carbons (Fsp3) is 0.714. The van der Waals surface area contributed by atoms with Gasteiger partial charge in [-0.25, -0.2) is 9.97 Å². The van der Waals surface area contributed by atoms with Gasteiger partial charge in [0.05, 0.1) is 12.8 Å². The van der Waals surface area contributed by atoms with Gasteiger partial charge in [-0.1, -0.05) is 13.8 Å². The largest absolute Gasteiger partial charge is 0.488 e. The zero-order valence-electron chi connectivity index (χ0n) is 12.8. The molecule has 19 heavy (non-hydrogen) atoms. The van der Waals surface area contributed by atoms with E-state index in [1.165, 1.54) is 0 Å². The lowest BCUT2D eigenvalue weighted by atomic mass is 10.1. The summed E-state index contributed by atoms with van der Waals surface area (Å²) >= 11 is 0. The van der Waals surface area contributed by atoms with Crippen LogP contribution in [0.2, 0.25) is 0 Å². The summed E-state index contributed by atoms with van der Waals surface area (Å²) in [4.78, 5) is 10.7. The minimum atomic E-state index is -0.139. The number of nitrogens with zero attached hydrogens (tertiary/aromatic N) is 3. The Bertz CT molecular complexity index is 417. The fourth-order valence-corrected chi connectivity index (χ4v) is 1.32. The summed E-state index contributed by atoms with van der Waals surface area (Å²) in [6.07, 6.45) is 1.65. The second-order valence-corrected chi connectivity index (χ2v) is 5.85. The average molecular weight is 267 g/mol. The van der Waals surface area contributed by atoms with Crippen LogP contribution in [-0.4, -0.2) is 46.2 Å². The van der Waals surface area contributed by atoms with E-state index < -0.39 is 0 Å². The van der Waals surface area contributed by atoms with Gasteiger partial charge in [-0.3, -0.25) is 0 Å². The lowest BCUT2D eigenvalue weighted by Crippen LogP contribution is -2.43. The Labute approximate surface area is 115 Å². The SMILES string of the molecule is CC(C)c1ncc(OCC(C)(C)N(C)C)c(CO)n1. The Hall–Kier alpha value is -1.20. The highest BCUT2D eigenvalue weighted by Crippen LogP contribution is 2.20. The van der Waals surface area contributed by atoms with Crippen molar-refractivity contribution in [2.24, 2.45) is 0 Å². The molecule has 0 aliphatic heterocycles. The molecule has 1 aromatic heterocycles. The third-order valence-corrected chi connectivity index (χ3v) is 3.31. The van der Waals surface area contributed by atoms with Gasteiger partial charge < -0.3 is 14.7 Å². The number of aliphatic hydroxyl groups excluding tert-OH is 1.